The molecule has 2 saturated carbocycles. The molecular formula is C17H25N3. The zero-order valence-electron chi connectivity index (χ0n) is 12.1. The molecule has 2 fully saturated rings. The predicted octanol–water partition coefficient (Wildman–Crippen LogP) is 3.03. The average Bonchev–Trinajstić information content (AvgIpc) is 3.31. The van der Waals surface area contributed by atoms with Crippen LogP contribution in [0.5, 0.6) is 0 Å². The Morgan fingerprint density at radius 3 is 2.40 bits per heavy atom. The highest BCUT2D eigenvalue weighted by Gasteiger charge is 2.23. The van der Waals surface area contributed by atoms with Gasteiger partial charge in [0, 0.05) is 12.6 Å². The van der Waals surface area contributed by atoms with Crippen molar-refractivity contribution in [2.24, 2.45) is 16.6 Å². The second-order valence-corrected chi connectivity index (χ2v) is 6.27. The summed E-state index contributed by atoms with van der Waals surface area (Å²) in [4.78, 5) is 4.51. The third-order valence-corrected chi connectivity index (χ3v) is 4.57. The summed E-state index contributed by atoms with van der Waals surface area (Å²) >= 11 is 0. The molecule has 2 aliphatic rings. The molecule has 0 spiro atoms. The summed E-state index contributed by atoms with van der Waals surface area (Å²) in [5.74, 6) is 2.12. The van der Waals surface area contributed by atoms with Gasteiger partial charge >= 0.3 is 0 Å². The Morgan fingerprint density at radius 2 is 1.75 bits per heavy atom. The lowest BCUT2D eigenvalue weighted by atomic mass is 9.79. The minimum atomic E-state index is 0.604. The zero-order chi connectivity index (χ0) is 13.8. The monoisotopic (exact) mass is 271 g/mol. The van der Waals surface area contributed by atoms with Gasteiger partial charge in [-0.2, -0.15) is 0 Å². The van der Waals surface area contributed by atoms with Crippen LogP contribution in [0.1, 0.15) is 50.0 Å². The van der Waals surface area contributed by atoms with E-state index in [1.807, 2.05) is 0 Å². The Hall–Kier alpha value is -1.51. The summed E-state index contributed by atoms with van der Waals surface area (Å²) in [6.45, 7) is 0.896. The van der Waals surface area contributed by atoms with Crippen LogP contribution in [0.25, 0.3) is 0 Å². The maximum Gasteiger partial charge on any atom is 0.188 e. The van der Waals surface area contributed by atoms with Crippen LogP contribution < -0.4 is 11.1 Å². The molecule has 0 radical (unpaired) electrons. The topological polar surface area (TPSA) is 50.4 Å². The van der Waals surface area contributed by atoms with Crippen molar-refractivity contribution < 1.29 is 0 Å². The summed E-state index contributed by atoms with van der Waals surface area (Å²) < 4.78 is 0. The van der Waals surface area contributed by atoms with E-state index >= 15 is 0 Å². The number of nitrogens with zero attached hydrogens (tertiary/aromatic N) is 1. The number of hydrogen-bond acceptors (Lipinski definition) is 1. The average molecular weight is 271 g/mol. The van der Waals surface area contributed by atoms with E-state index in [-0.39, 0.29) is 0 Å². The second kappa shape index (κ2) is 6.29. The first kappa shape index (κ1) is 13.5. The van der Waals surface area contributed by atoms with Gasteiger partial charge in [0.15, 0.2) is 5.96 Å². The van der Waals surface area contributed by atoms with E-state index in [4.69, 9.17) is 5.73 Å². The van der Waals surface area contributed by atoms with E-state index in [0.717, 1.165) is 18.4 Å². The van der Waals surface area contributed by atoms with Crippen LogP contribution in [0.4, 0.5) is 0 Å². The SMILES string of the molecule is NC(=NCC1CCC(c2ccccc2)CC1)NC1CC1. The van der Waals surface area contributed by atoms with Gasteiger partial charge in [0.2, 0.25) is 0 Å². The van der Waals surface area contributed by atoms with Gasteiger partial charge in [-0.05, 0) is 55.9 Å². The van der Waals surface area contributed by atoms with Crippen molar-refractivity contribution in [1.82, 2.24) is 5.32 Å². The molecule has 0 saturated heterocycles. The number of benzene rings is 1. The Kier molecular flexibility index (Phi) is 4.24. The first-order valence-electron chi connectivity index (χ1n) is 7.92. The Balaban J connectivity index is 1.44. The van der Waals surface area contributed by atoms with E-state index in [9.17, 15) is 0 Å². The molecule has 0 bridgehead atoms. The highest BCUT2D eigenvalue weighted by atomic mass is 15.1. The number of hydrogen-bond donors (Lipinski definition) is 2. The predicted molar refractivity (Wildman–Crippen MR) is 83.8 cm³/mol. The molecule has 3 heteroatoms. The van der Waals surface area contributed by atoms with E-state index in [2.05, 4.69) is 40.6 Å². The first-order chi connectivity index (χ1) is 9.81. The highest BCUT2D eigenvalue weighted by molar-refractivity contribution is 5.78. The number of rotatable bonds is 4. The molecule has 0 atom stereocenters. The minimum absolute atomic E-state index is 0.604. The molecule has 0 amide bonds. The maximum absolute atomic E-state index is 5.89. The van der Waals surface area contributed by atoms with Crippen LogP contribution in [-0.4, -0.2) is 18.5 Å². The van der Waals surface area contributed by atoms with Crippen molar-refractivity contribution in [3.63, 3.8) is 0 Å². The van der Waals surface area contributed by atoms with Crippen molar-refractivity contribution in [2.45, 2.75) is 50.5 Å². The molecule has 3 nitrogen and oxygen atoms in total. The Bertz CT molecular complexity index is 443. The smallest absolute Gasteiger partial charge is 0.188 e. The quantitative estimate of drug-likeness (QED) is 0.653. The number of aliphatic imine (C=N–C) groups is 1. The zero-order valence-corrected chi connectivity index (χ0v) is 12.1. The van der Waals surface area contributed by atoms with Crippen molar-refractivity contribution in [3.8, 4) is 0 Å². The van der Waals surface area contributed by atoms with Gasteiger partial charge in [-0.1, -0.05) is 30.3 Å². The largest absolute Gasteiger partial charge is 0.370 e. The van der Waals surface area contributed by atoms with Gasteiger partial charge in [0.1, 0.15) is 0 Å². The minimum Gasteiger partial charge on any atom is -0.370 e. The third-order valence-electron chi connectivity index (χ3n) is 4.57. The molecule has 1 aromatic rings. The molecule has 108 valence electrons. The fraction of sp³-hybridized carbons (Fsp3) is 0.588. The molecule has 2 aliphatic carbocycles. The van der Waals surface area contributed by atoms with Crippen molar-refractivity contribution >= 4 is 5.96 Å². The summed E-state index contributed by atoms with van der Waals surface area (Å²) in [6, 6.07) is 11.5. The second-order valence-electron chi connectivity index (χ2n) is 6.27. The summed E-state index contributed by atoms with van der Waals surface area (Å²) in [7, 11) is 0. The van der Waals surface area contributed by atoms with E-state index < -0.39 is 0 Å². The fourth-order valence-electron chi connectivity index (χ4n) is 3.11. The standard InChI is InChI=1S/C17H25N3/c18-17(20-16-10-11-16)19-12-13-6-8-15(9-7-13)14-4-2-1-3-5-14/h1-5,13,15-16H,6-12H2,(H3,18,19,20). The lowest BCUT2D eigenvalue weighted by Gasteiger charge is -2.28. The molecule has 0 unspecified atom stereocenters. The summed E-state index contributed by atoms with van der Waals surface area (Å²) in [5, 5.41) is 3.26. The molecule has 0 aliphatic heterocycles. The van der Waals surface area contributed by atoms with Crippen molar-refractivity contribution in [3.05, 3.63) is 35.9 Å². The lowest BCUT2D eigenvalue weighted by Crippen LogP contribution is -2.34. The molecule has 0 heterocycles. The van der Waals surface area contributed by atoms with E-state index in [0.29, 0.717) is 12.0 Å². The van der Waals surface area contributed by atoms with Crippen LogP contribution in [0, 0.1) is 5.92 Å². The number of nitrogens with two attached hydrogens (primary N) is 1. The van der Waals surface area contributed by atoms with Crippen molar-refractivity contribution in [2.75, 3.05) is 6.54 Å². The van der Waals surface area contributed by atoms with Gasteiger partial charge in [-0.15, -0.1) is 0 Å². The highest BCUT2D eigenvalue weighted by Crippen LogP contribution is 2.35. The summed E-state index contributed by atoms with van der Waals surface area (Å²) in [5.41, 5.74) is 7.39. The lowest BCUT2D eigenvalue weighted by molar-refractivity contribution is 0.333. The number of nitrogens with one attached hydrogen (secondary N) is 1. The van der Waals surface area contributed by atoms with Crippen LogP contribution in [0.3, 0.4) is 0 Å². The Labute approximate surface area is 121 Å². The van der Waals surface area contributed by atoms with Crippen LogP contribution in [-0.2, 0) is 0 Å². The summed E-state index contributed by atoms with van der Waals surface area (Å²) in [6.07, 6.45) is 7.64. The molecule has 3 rings (SSSR count). The van der Waals surface area contributed by atoms with Crippen LogP contribution >= 0.6 is 0 Å². The maximum atomic E-state index is 5.89. The Morgan fingerprint density at radius 1 is 1.05 bits per heavy atom. The van der Waals surface area contributed by atoms with Gasteiger partial charge in [0.25, 0.3) is 0 Å². The molecule has 0 aromatic heterocycles. The number of guanidine groups is 1. The van der Waals surface area contributed by atoms with Gasteiger partial charge in [0.05, 0.1) is 0 Å². The van der Waals surface area contributed by atoms with Gasteiger partial charge in [-0.25, -0.2) is 0 Å². The molecule has 1 aromatic carbocycles. The van der Waals surface area contributed by atoms with Crippen molar-refractivity contribution in [1.29, 1.82) is 0 Å². The normalized spacial score (nSPS) is 27.3. The molecule has 3 N–H and O–H groups in total. The fourth-order valence-corrected chi connectivity index (χ4v) is 3.11. The van der Waals surface area contributed by atoms with Gasteiger partial charge < -0.3 is 11.1 Å². The van der Waals surface area contributed by atoms with Gasteiger partial charge in [-0.3, -0.25) is 4.99 Å². The van der Waals surface area contributed by atoms with E-state index in [1.165, 1.54) is 44.1 Å². The van der Waals surface area contributed by atoms with Crippen LogP contribution in [0.15, 0.2) is 35.3 Å². The van der Waals surface area contributed by atoms with E-state index in [1.54, 1.807) is 0 Å². The molecular weight excluding hydrogens is 246 g/mol. The van der Waals surface area contributed by atoms with Crippen LogP contribution in [0.2, 0.25) is 0 Å². The first-order valence-corrected chi connectivity index (χ1v) is 7.92. The molecule has 20 heavy (non-hydrogen) atoms. The third kappa shape index (κ3) is 3.75.